The first kappa shape index (κ1) is 13.5. The Kier molecular flexibility index (Phi) is 4.38. The summed E-state index contributed by atoms with van der Waals surface area (Å²) >= 11 is 0. The first-order valence-corrected chi connectivity index (χ1v) is 6.50. The van der Waals surface area contributed by atoms with Crippen LogP contribution in [0.5, 0.6) is 0 Å². The molecule has 1 aromatic rings. The van der Waals surface area contributed by atoms with Crippen molar-refractivity contribution in [2.75, 3.05) is 26.4 Å². The predicted molar refractivity (Wildman–Crippen MR) is 70.5 cm³/mol. The van der Waals surface area contributed by atoms with Gasteiger partial charge in [-0.3, -0.25) is 0 Å². The van der Waals surface area contributed by atoms with E-state index in [-0.39, 0.29) is 18.1 Å². The molecule has 0 fully saturated rings. The lowest BCUT2D eigenvalue weighted by Crippen LogP contribution is -2.27. The summed E-state index contributed by atoms with van der Waals surface area (Å²) in [4.78, 5) is 0. The van der Waals surface area contributed by atoms with E-state index in [0.717, 1.165) is 13.0 Å². The molecule has 3 heteroatoms. The smallest absolute Gasteiger partial charge is 0.106 e. The molecule has 0 amide bonds. The van der Waals surface area contributed by atoms with Crippen molar-refractivity contribution in [1.82, 2.24) is 0 Å². The molecule has 1 aromatic carbocycles. The molecule has 0 saturated carbocycles. The van der Waals surface area contributed by atoms with Crippen molar-refractivity contribution >= 4 is 0 Å². The monoisotopic (exact) mass is 250 g/mol. The molecule has 2 rings (SSSR count). The Morgan fingerprint density at radius 2 is 2.17 bits per heavy atom. The highest BCUT2D eigenvalue weighted by Gasteiger charge is 2.22. The van der Waals surface area contributed by atoms with Gasteiger partial charge in [-0.15, -0.1) is 0 Å². The maximum Gasteiger partial charge on any atom is 0.106 e. The Hall–Kier alpha value is -0.900. The van der Waals surface area contributed by atoms with Crippen molar-refractivity contribution in [2.24, 2.45) is 5.41 Å². The van der Waals surface area contributed by atoms with Gasteiger partial charge in [0.25, 0.3) is 0 Å². The zero-order valence-electron chi connectivity index (χ0n) is 11.2. The molecule has 0 saturated heterocycles. The van der Waals surface area contributed by atoms with Gasteiger partial charge in [-0.1, -0.05) is 38.1 Å². The van der Waals surface area contributed by atoms with Crippen LogP contribution in [0.15, 0.2) is 24.3 Å². The summed E-state index contributed by atoms with van der Waals surface area (Å²) in [6, 6.07) is 8.37. The van der Waals surface area contributed by atoms with Crippen LogP contribution in [-0.2, 0) is 15.9 Å². The highest BCUT2D eigenvalue weighted by Crippen LogP contribution is 2.27. The molecular weight excluding hydrogens is 228 g/mol. The van der Waals surface area contributed by atoms with Gasteiger partial charge in [-0.05, 0) is 17.5 Å². The van der Waals surface area contributed by atoms with Gasteiger partial charge in [0, 0.05) is 5.41 Å². The van der Waals surface area contributed by atoms with Crippen molar-refractivity contribution < 1.29 is 14.6 Å². The van der Waals surface area contributed by atoms with E-state index in [2.05, 4.69) is 18.2 Å². The van der Waals surface area contributed by atoms with Crippen LogP contribution < -0.4 is 0 Å². The average molecular weight is 250 g/mol. The second-order valence-electron chi connectivity index (χ2n) is 5.65. The Balaban J connectivity index is 1.92. The van der Waals surface area contributed by atoms with E-state index in [1.54, 1.807) is 0 Å². The Bertz CT molecular complexity index is 387. The van der Waals surface area contributed by atoms with E-state index >= 15 is 0 Å². The van der Waals surface area contributed by atoms with Crippen LogP contribution in [0, 0.1) is 5.41 Å². The number of fused-ring (bicyclic) bond motifs is 1. The van der Waals surface area contributed by atoms with E-state index in [0.29, 0.717) is 13.2 Å². The lowest BCUT2D eigenvalue weighted by Gasteiger charge is -2.28. The van der Waals surface area contributed by atoms with Gasteiger partial charge >= 0.3 is 0 Å². The quantitative estimate of drug-likeness (QED) is 0.871. The maximum atomic E-state index is 9.18. The van der Waals surface area contributed by atoms with Gasteiger partial charge < -0.3 is 14.6 Å². The van der Waals surface area contributed by atoms with Gasteiger partial charge in [-0.25, -0.2) is 0 Å². The van der Waals surface area contributed by atoms with Gasteiger partial charge in [-0.2, -0.15) is 0 Å². The Morgan fingerprint density at radius 1 is 1.39 bits per heavy atom. The minimum Gasteiger partial charge on any atom is -0.396 e. The van der Waals surface area contributed by atoms with Crippen LogP contribution in [0.2, 0.25) is 0 Å². The second-order valence-corrected chi connectivity index (χ2v) is 5.65. The molecule has 0 spiro atoms. The zero-order valence-corrected chi connectivity index (χ0v) is 11.2. The summed E-state index contributed by atoms with van der Waals surface area (Å²) in [5, 5.41) is 9.18. The number of hydrogen-bond donors (Lipinski definition) is 1. The predicted octanol–water partition coefficient (Wildman–Crippen LogP) is 2.34. The molecule has 1 aliphatic rings. The van der Waals surface area contributed by atoms with Crippen molar-refractivity contribution in [1.29, 1.82) is 0 Å². The molecule has 18 heavy (non-hydrogen) atoms. The van der Waals surface area contributed by atoms with Crippen LogP contribution in [0.4, 0.5) is 0 Å². The normalized spacial score (nSPS) is 19.6. The maximum absolute atomic E-state index is 9.18. The molecule has 1 N–H and O–H groups in total. The number of aliphatic hydroxyl groups is 1. The Labute approximate surface area is 109 Å². The van der Waals surface area contributed by atoms with Crippen molar-refractivity contribution in [3.63, 3.8) is 0 Å². The van der Waals surface area contributed by atoms with E-state index < -0.39 is 0 Å². The largest absolute Gasteiger partial charge is 0.396 e. The summed E-state index contributed by atoms with van der Waals surface area (Å²) in [7, 11) is 0. The van der Waals surface area contributed by atoms with Gasteiger partial charge in [0.1, 0.15) is 6.10 Å². The molecule has 1 aliphatic heterocycles. The second kappa shape index (κ2) is 5.83. The van der Waals surface area contributed by atoms with Crippen LogP contribution >= 0.6 is 0 Å². The number of hydrogen-bond acceptors (Lipinski definition) is 3. The summed E-state index contributed by atoms with van der Waals surface area (Å²) in [6.07, 6.45) is 1.01. The summed E-state index contributed by atoms with van der Waals surface area (Å²) in [6.45, 7) is 5.97. The number of rotatable bonds is 5. The molecule has 1 unspecified atom stereocenters. The van der Waals surface area contributed by atoms with Crippen molar-refractivity contribution in [2.45, 2.75) is 26.4 Å². The number of benzene rings is 1. The van der Waals surface area contributed by atoms with Crippen LogP contribution in [-0.4, -0.2) is 31.5 Å². The molecule has 100 valence electrons. The fraction of sp³-hybridized carbons (Fsp3) is 0.600. The fourth-order valence-electron chi connectivity index (χ4n) is 2.10. The van der Waals surface area contributed by atoms with Crippen LogP contribution in [0.1, 0.15) is 31.1 Å². The third kappa shape index (κ3) is 3.31. The first-order chi connectivity index (χ1) is 8.62. The highest BCUT2D eigenvalue weighted by atomic mass is 16.5. The van der Waals surface area contributed by atoms with Crippen molar-refractivity contribution in [3.8, 4) is 0 Å². The summed E-state index contributed by atoms with van der Waals surface area (Å²) < 4.78 is 11.5. The highest BCUT2D eigenvalue weighted by molar-refractivity contribution is 5.30. The van der Waals surface area contributed by atoms with Crippen LogP contribution in [0.25, 0.3) is 0 Å². The van der Waals surface area contributed by atoms with E-state index in [4.69, 9.17) is 9.47 Å². The van der Waals surface area contributed by atoms with Crippen LogP contribution in [0.3, 0.4) is 0 Å². The SMILES string of the molecule is CC(C)(CO)COCC1OCCc2ccccc21. The summed E-state index contributed by atoms with van der Waals surface area (Å²) in [5.41, 5.74) is 2.41. The first-order valence-electron chi connectivity index (χ1n) is 6.50. The van der Waals surface area contributed by atoms with Gasteiger partial charge in [0.15, 0.2) is 0 Å². The number of aliphatic hydroxyl groups excluding tert-OH is 1. The molecule has 0 radical (unpaired) electrons. The number of ether oxygens (including phenoxy) is 2. The molecule has 0 bridgehead atoms. The lowest BCUT2D eigenvalue weighted by molar-refractivity contribution is -0.0499. The topological polar surface area (TPSA) is 38.7 Å². The third-order valence-corrected chi connectivity index (χ3v) is 3.28. The van der Waals surface area contributed by atoms with Crippen molar-refractivity contribution in [3.05, 3.63) is 35.4 Å². The molecule has 1 heterocycles. The van der Waals surface area contributed by atoms with E-state index in [1.165, 1.54) is 11.1 Å². The fourth-order valence-corrected chi connectivity index (χ4v) is 2.10. The molecule has 3 nitrogen and oxygen atoms in total. The zero-order chi connectivity index (χ0) is 13.0. The third-order valence-electron chi connectivity index (χ3n) is 3.28. The minimum absolute atomic E-state index is 0.0319. The molecule has 0 aliphatic carbocycles. The van der Waals surface area contributed by atoms with Gasteiger partial charge in [0.2, 0.25) is 0 Å². The average Bonchev–Trinajstić information content (AvgIpc) is 2.39. The molecule has 0 aromatic heterocycles. The van der Waals surface area contributed by atoms with Gasteiger partial charge in [0.05, 0.1) is 26.4 Å². The lowest BCUT2D eigenvalue weighted by atomic mass is 9.96. The summed E-state index contributed by atoms with van der Waals surface area (Å²) in [5.74, 6) is 0. The van der Waals surface area contributed by atoms with E-state index in [1.807, 2.05) is 19.9 Å². The molecular formula is C15H22O3. The molecule has 1 atom stereocenters. The Morgan fingerprint density at radius 3 is 2.94 bits per heavy atom. The minimum atomic E-state index is -0.186. The standard InChI is InChI=1S/C15H22O3/c1-15(2,10-16)11-17-9-14-13-6-4-3-5-12(13)7-8-18-14/h3-6,14,16H,7-11H2,1-2H3. The van der Waals surface area contributed by atoms with E-state index in [9.17, 15) is 5.11 Å².